The van der Waals surface area contributed by atoms with Gasteiger partial charge in [-0.25, -0.2) is 5.43 Å². The maximum Gasteiger partial charge on any atom is 0.271 e. The van der Waals surface area contributed by atoms with E-state index < -0.39 is 0 Å². The van der Waals surface area contributed by atoms with Crippen LogP contribution >= 0.6 is 15.9 Å². The lowest BCUT2D eigenvalue weighted by Crippen LogP contribution is -2.20. The Bertz CT molecular complexity index is 665. The predicted molar refractivity (Wildman–Crippen MR) is 85.0 cm³/mol. The van der Waals surface area contributed by atoms with Gasteiger partial charge in [-0.05, 0) is 43.2 Å². The van der Waals surface area contributed by atoms with Gasteiger partial charge in [0.2, 0.25) is 0 Å². The molecule has 0 heterocycles. The summed E-state index contributed by atoms with van der Waals surface area (Å²) in [6.07, 6.45) is 0. The Balaban J connectivity index is 2.13. The molecule has 0 aliphatic heterocycles. The summed E-state index contributed by atoms with van der Waals surface area (Å²) in [6, 6.07) is 15.2. The van der Waals surface area contributed by atoms with Gasteiger partial charge in [0, 0.05) is 10.0 Å². The minimum absolute atomic E-state index is 0.197. The summed E-state index contributed by atoms with van der Waals surface area (Å²) in [5, 5.41) is 4.15. The first kappa shape index (κ1) is 14.5. The molecule has 0 aromatic heterocycles. The summed E-state index contributed by atoms with van der Waals surface area (Å²) in [5.41, 5.74) is 5.88. The predicted octanol–water partition coefficient (Wildman–Crippen LogP) is 3.91. The quantitative estimate of drug-likeness (QED) is 0.672. The van der Waals surface area contributed by atoms with Crippen LogP contribution in [0.4, 0.5) is 0 Å². The molecule has 2 aromatic carbocycles. The highest BCUT2D eigenvalue weighted by Gasteiger charge is 2.07. The zero-order chi connectivity index (χ0) is 14.5. The molecule has 0 fully saturated rings. The third-order valence-electron chi connectivity index (χ3n) is 2.96. The van der Waals surface area contributed by atoms with E-state index in [0.717, 1.165) is 21.3 Å². The van der Waals surface area contributed by atoms with Crippen molar-refractivity contribution < 1.29 is 4.79 Å². The van der Waals surface area contributed by atoms with Crippen LogP contribution in [0.5, 0.6) is 0 Å². The van der Waals surface area contributed by atoms with Gasteiger partial charge >= 0.3 is 0 Å². The smallest absolute Gasteiger partial charge is 0.267 e. The summed E-state index contributed by atoms with van der Waals surface area (Å²) < 4.78 is 0.981. The van der Waals surface area contributed by atoms with E-state index in [0.29, 0.717) is 5.56 Å². The fraction of sp³-hybridized carbons (Fsp3) is 0.125. The molecule has 20 heavy (non-hydrogen) atoms. The van der Waals surface area contributed by atoms with Crippen molar-refractivity contribution in [3.8, 4) is 0 Å². The average Bonchev–Trinajstić information content (AvgIpc) is 2.45. The fourth-order valence-corrected chi connectivity index (χ4v) is 2.20. The van der Waals surface area contributed by atoms with E-state index in [4.69, 9.17) is 0 Å². The summed E-state index contributed by atoms with van der Waals surface area (Å²) in [5.74, 6) is -0.197. The first-order chi connectivity index (χ1) is 9.58. The second-order valence-corrected chi connectivity index (χ2v) is 5.38. The van der Waals surface area contributed by atoms with Gasteiger partial charge in [-0.1, -0.05) is 46.3 Å². The molecule has 0 unspecified atom stereocenters. The van der Waals surface area contributed by atoms with Crippen LogP contribution in [-0.4, -0.2) is 11.6 Å². The molecule has 0 saturated heterocycles. The standard InChI is InChI=1S/C16H15BrN2O/c1-11-6-3-4-9-15(11)16(20)19-18-12(2)13-7-5-8-14(17)10-13/h3-10H,1-2H3,(H,19,20). The number of carbonyl (C=O) groups is 1. The summed E-state index contributed by atoms with van der Waals surface area (Å²) >= 11 is 3.41. The van der Waals surface area contributed by atoms with E-state index in [1.807, 2.05) is 56.3 Å². The Morgan fingerprint density at radius 2 is 1.90 bits per heavy atom. The van der Waals surface area contributed by atoms with Crippen LogP contribution in [-0.2, 0) is 0 Å². The van der Waals surface area contributed by atoms with Gasteiger partial charge in [-0.3, -0.25) is 4.79 Å². The largest absolute Gasteiger partial charge is 0.271 e. The lowest BCUT2D eigenvalue weighted by atomic mass is 10.1. The first-order valence-corrected chi connectivity index (χ1v) is 7.03. The maximum absolute atomic E-state index is 12.0. The van der Waals surface area contributed by atoms with Crippen molar-refractivity contribution in [1.29, 1.82) is 0 Å². The lowest BCUT2D eigenvalue weighted by Gasteiger charge is -2.05. The van der Waals surface area contributed by atoms with E-state index in [9.17, 15) is 4.79 Å². The molecular weight excluding hydrogens is 316 g/mol. The molecule has 0 aliphatic carbocycles. The number of halogens is 1. The van der Waals surface area contributed by atoms with Crippen LogP contribution in [0.2, 0.25) is 0 Å². The second kappa shape index (κ2) is 6.48. The van der Waals surface area contributed by atoms with E-state index in [-0.39, 0.29) is 5.91 Å². The summed E-state index contributed by atoms with van der Waals surface area (Å²) in [7, 11) is 0. The molecule has 102 valence electrons. The number of nitrogens with zero attached hydrogens (tertiary/aromatic N) is 1. The normalized spacial score (nSPS) is 11.2. The SMILES string of the molecule is CC(=NNC(=O)c1ccccc1C)c1cccc(Br)c1. The van der Waals surface area contributed by atoms with Crippen LogP contribution in [0.1, 0.15) is 28.4 Å². The van der Waals surface area contributed by atoms with Crippen molar-refractivity contribution in [2.45, 2.75) is 13.8 Å². The van der Waals surface area contributed by atoms with Gasteiger partial charge in [-0.2, -0.15) is 5.10 Å². The van der Waals surface area contributed by atoms with Gasteiger partial charge < -0.3 is 0 Å². The maximum atomic E-state index is 12.0. The number of aryl methyl sites for hydroxylation is 1. The van der Waals surface area contributed by atoms with Crippen molar-refractivity contribution in [3.63, 3.8) is 0 Å². The van der Waals surface area contributed by atoms with Crippen LogP contribution in [0.3, 0.4) is 0 Å². The van der Waals surface area contributed by atoms with Crippen LogP contribution in [0.15, 0.2) is 58.1 Å². The topological polar surface area (TPSA) is 41.5 Å². The molecule has 2 rings (SSSR count). The fourth-order valence-electron chi connectivity index (χ4n) is 1.80. The first-order valence-electron chi connectivity index (χ1n) is 6.24. The third kappa shape index (κ3) is 3.54. The van der Waals surface area contributed by atoms with Crippen LogP contribution in [0, 0.1) is 6.92 Å². The number of hydrazone groups is 1. The highest BCUT2D eigenvalue weighted by Crippen LogP contribution is 2.12. The number of hydrogen-bond donors (Lipinski definition) is 1. The highest BCUT2D eigenvalue weighted by molar-refractivity contribution is 9.10. The van der Waals surface area contributed by atoms with Crippen molar-refractivity contribution in [3.05, 3.63) is 69.7 Å². The Hall–Kier alpha value is -1.94. The van der Waals surface area contributed by atoms with Gasteiger partial charge in [0.05, 0.1) is 5.71 Å². The van der Waals surface area contributed by atoms with E-state index in [1.54, 1.807) is 6.07 Å². The monoisotopic (exact) mass is 330 g/mol. The molecule has 0 saturated carbocycles. The summed E-state index contributed by atoms with van der Waals surface area (Å²) in [6.45, 7) is 3.76. The Morgan fingerprint density at radius 1 is 1.15 bits per heavy atom. The molecule has 0 radical (unpaired) electrons. The van der Waals surface area contributed by atoms with Gasteiger partial charge in [0.1, 0.15) is 0 Å². The second-order valence-electron chi connectivity index (χ2n) is 4.46. The molecule has 1 N–H and O–H groups in total. The number of amides is 1. The minimum atomic E-state index is -0.197. The van der Waals surface area contributed by atoms with Crippen molar-refractivity contribution >= 4 is 27.5 Å². The van der Waals surface area contributed by atoms with Crippen LogP contribution in [0.25, 0.3) is 0 Å². The zero-order valence-electron chi connectivity index (χ0n) is 11.4. The van der Waals surface area contributed by atoms with Gasteiger partial charge in [0.25, 0.3) is 5.91 Å². The molecule has 0 spiro atoms. The summed E-state index contributed by atoms with van der Waals surface area (Å²) in [4.78, 5) is 12.0. The highest BCUT2D eigenvalue weighted by atomic mass is 79.9. The molecule has 3 nitrogen and oxygen atoms in total. The lowest BCUT2D eigenvalue weighted by molar-refractivity contribution is 0.0954. The number of nitrogens with one attached hydrogen (secondary N) is 1. The number of carbonyl (C=O) groups excluding carboxylic acids is 1. The van der Waals surface area contributed by atoms with Crippen LogP contribution < -0.4 is 5.43 Å². The number of hydrogen-bond acceptors (Lipinski definition) is 2. The third-order valence-corrected chi connectivity index (χ3v) is 3.45. The minimum Gasteiger partial charge on any atom is -0.267 e. The number of benzene rings is 2. The van der Waals surface area contributed by atoms with E-state index in [1.165, 1.54) is 0 Å². The van der Waals surface area contributed by atoms with E-state index >= 15 is 0 Å². The number of rotatable bonds is 3. The van der Waals surface area contributed by atoms with Crippen molar-refractivity contribution in [2.75, 3.05) is 0 Å². The average molecular weight is 331 g/mol. The Morgan fingerprint density at radius 3 is 2.60 bits per heavy atom. The molecule has 0 bridgehead atoms. The van der Waals surface area contributed by atoms with E-state index in [2.05, 4.69) is 26.5 Å². The van der Waals surface area contributed by atoms with Gasteiger partial charge in [-0.15, -0.1) is 0 Å². The molecule has 4 heteroatoms. The molecule has 1 amide bonds. The molecular formula is C16H15BrN2O. The van der Waals surface area contributed by atoms with Gasteiger partial charge in [0.15, 0.2) is 0 Å². The Labute approximate surface area is 126 Å². The van der Waals surface area contributed by atoms with Crippen molar-refractivity contribution in [2.24, 2.45) is 5.10 Å². The molecule has 2 aromatic rings. The zero-order valence-corrected chi connectivity index (χ0v) is 12.9. The molecule has 0 atom stereocenters. The van der Waals surface area contributed by atoms with Crippen molar-refractivity contribution in [1.82, 2.24) is 5.43 Å². The molecule has 0 aliphatic rings. The Kier molecular flexibility index (Phi) is 4.69.